The highest BCUT2D eigenvalue weighted by Crippen LogP contribution is 2.30. The number of amides is 1. The van der Waals surface area contributed by atoms with Crippen molar-refractivity contribution in [1.82, 2.24) is 18.8 Å². The second-order valence-electron chi connectivity index (χ2n) is 8.60. The first-order valence-electron chi connectivity index (χ1n) is 11.1. The molecule has 1 N–H and O–H groups in total. The van der Waals surface area contributed by atoms with E-state index in [2.05, 4.69) is 4.98 Å². The van der Waals surface area contributed by atoms with Gasteiger partial charge in [0, 0.05) is 25.7 Å². The maximum absolute atomic E-state index is 13.3. The molecule has 1 atom stereocenters. The van der Waals surface area contributed by atoms with Crippen molar-refractivity contribution in [2.45, 2.75) is 42.7 Å². The Labute approximate surface area is 190 Å². The Bertz CT molecular complexity index is 1340. The lowest BCUT2D eigenvalue weighted by Crippen LogP contribution is -2.50. The van der Waals surface area contributed by atoms with Gasteiger partial charge in [0.05, 0.1) is 15.9 Å². The highest BCUT2D eigenvalue weighted by Gasteiger charge is 2.42. The highest BCUT2D eigenvalue weighted by atomic mass is 32.2. The van der Waals surface area contributed by atoms with Crippen LogP contribution in [0.3, 0.4) is 0 Å². The molecular weight excluding hydrogens is 447 g/mol. The van der Waals surface area contributed by atoms with Crippen LogP contribution in [0.1, 0.15) is 31.7 Å². The van der Waals surface area contributed by atoms with Gasteiger partial charge in [-0.1, -0.05) is 12.1 Å². The lowest BCUT2D eigenvalue weighted by molar-refractivity contribution is -0.135. The molecule has 8 nitrogen and oxygen atoms in total. The first-order valence-corrected chi connectivity index (χ1v) is 12.6. The molecular formula is C23H25FN4O4S. The van der Waals surface area contributed by atoms with Gasteiger partial charge in [0.15, 0.2) is 0 Å². The van der Waals surface area contributed by atoms with Crippen molar-refractivity contribution in [3.05, 3.63) is 64.8 Å². The van der Waals surface area contributed by atoms with E-state index in [-0.39, 0.29) is 29.1 Å². The van der Waals surface area contributed by atoms with Crippen LogP contribution in [0.15, 0.2) is 58.2 Å². The number of fused-ring (bicyclic) bond motifs is 1. The molecule has 0 spiro atoms. The summed E-state index contributed by atoms with van der Waals surface area (Å²) in [6, 6.07) is 11.4. The van der Waals surface area contributed by atoms with E-state index >= 15 is 0 Å². The Kier molecular flexibility index (Phi) is 5.57. The molecule has 1 unspecified atom stereocenters. The number of piperidine rings is 1. The molecule has 1 amide bonds. The van der Waals surface area contributed by atoms with Crippen molar-refractivity contribution in [2.75, 3.05) is 19.6 Å². The number of carbonyl (C=O) groups excluding carboxylic acids is 1. The first kappa shape index (κ1) is 21.8. The predicted octanol–water partition coefficient (Wildman–Crippen LogP) is 2.49. The lowest BCUT2D eigenvalue weighted by Gasteiger charge is -2.35. The molecule has 2 aromatic carbocycles. The van der Waals surface area contributed by atoms with Gasteiger partial charge in [0.1, 0.15) is 11.9 Å². The number of H-pyrrole nitrogens is 1. The molecule has 2 fully saturated rings. The van der Waals surface area contributed by atoms with Gasteiger partial charge >= 0.3 is 5.69 Å². The molecule has 2 aliphatic rings. The number of nitrogens with zero attached hydrogens (tertiary/aromatic N) is 3. The molecule has 2 saturated heterocycles. The Morgan fingerprint density at radius 2 is 1.67 bits per heavy atom. The van der Waals surface area contributed by atoms with Gasteiger partial charge in [-0.3, -0.25) is 9.36 Å². The van der Waals surface area contributed by atoms with Gasteiger partial charge in [-0.2, -0.15) is 4.31 Å². The van der Waals surface area contributed by atoms with Crippen LogP contribution in [-0.4, -0.2) is 58.8 Å². The topological polar surface area (TPSA) is 95.5 Å². The summed E-state index contributed by atoms with van der Waals surface area (Å²) in [6.07, 6.45) is 2.29. The standard InChI is InChI=1S/C23H25FN4O4S/c24-16-7-9-18(10-8-16)33(31,32)27-13-3-6-21(27)22(29)26-14-11-17(12-15-26)28-20-5-2-1-4-19(20)25-23(28)30/h1-2,4-5,7-10,17,21H,3,6,11-15H2,(H,25,30). The number of sulfonamides is 1. The molecule has 0 bridgehead atoms. The molecule has 33 heavy (non-hydrogen) atoms. The Hall–Kier alpha value is -2.98. The number of aromatic nitrogens is 2. The monoisotopic (exact) mass is 472 g/mol. The van der Waals surface area contributed by atoms with Crippen molar-refractivity contribution in [3.63, 3.8) is 0 Å². The van der Waals surface area contributed by atoms with Gasteiger partial charge in [-0.05, 0) is 62.1 Å². The number of likely N-dealkylation sites (tertiary alicyclic amines) is 1. The van der Waals surface area contributed by atoms with Crippen molar-refractivity contribution in [2.24, 2.45) is 0 Å². The summed E-state index contributed by atoms with van der Waals surface area (Å²) in [7, 11) is -3.89. The predicted molar refractivity (Wildman–Crippen MR) is 121 cm³/mol. The van der Waals surface area contributed by atoms with E-state index in [1.54, 1.807) is 9.47 Å². The van der Waals surface area contributed by atoms with E-state index in [4.69, 9.17) is 0 Å². The van der Waals surface area contributed by atoms with E-state index < -0.39 is 21.9 Å². The highest BCUT2D eigenvalue weighted by molar-refractivity contribution is 7.89. The molecule has 0 aliphatic carbocycles. The summed E-state index contributed by atoms with van der Waals surface area (Å²) in [6.45, 7) is 1.17. The van der Waals surface area contributed by atoms with Crippen molar-refractivity contribution < 1.29 is 17.6 Å². The van der Waals surface area contributed by atoms with Crippen LogP contribution < -0.4 is 5.69 Å². The quantitative estimate of drug-likeness (QED) is 0.631. The van der Waals surface area contributed by atoms with Gasteiger partial charge in [0.2, 0.25) is 15.9 Å². The van der Waals surface area contributed by atoms with Gasteiger partial charge in [-0.15, -0.1) is 0 Å². The number of hydrogen-bond donors (Lipinski definition) is 1. The number of carbonyl (C=O) groups is 1. The third-order valence-corrected chi connectivity index (χ3v) is 8.60. The van der Waals surface area contributed by atoms with Crippen LogP contribution in [-0.2, 0) is 14.8 Å². The third-order valence-electron chi connectivity index (χ3n) is 6.67. The molecule has 0 radical (unpaired) electrons. The minimum Gasteiger partial charge on any atom is -0.341 e. The maximum Gasteiger partial charge on any atom is 0.326 e. The fourth-order valence-corrected chi connectivity index (χ4v) is 6.66. The van der Waals surface area contributed by atoms with Crippen LogP contribution in [0.25, 0.3) is 11.0 Å². The van der Waals surface area contributed by atoms with E-state index in [0.29, 0.717) is 38.8 Å². The maximum atomic E-state index is 13.3. The smallest absolute Gasteiger partial charge is 0.326 e. The largest absolute Gasteiger partial charge is 0.341 e. The minimum absolute atomic E-state index is 0.0129. The number of hydrogen-bond acceptors (Lipinski definition) is 4. The zero-order valence-electron chi connectivity index (χ0n) is 18.0. The van der Waals surface area contributed by atoms with E-state index in [0.717, 1.165) is 23.2 Å². The Morgan fingerprint density at radius 1 is 0.970 bits per heavy atom. The number of nitrogens with one attached hydrogen (secondary N) is 1. The molecule has 2 aliphatic heterocycles. The number of halogens is 1. The van der Waals surface area contributed by atoms with Crippen molar-refractivity contribution in [3.8, 4) is 0 Å². The van der Waals surface area contributed by atoms with E-state index in [9.17, 15) is 22.4 Å². The molecule has 1 aromatic heterocycles. The number of benzene rings is 2. The van der Waals surface area contributed by atoms with Crippen molar-refractivity contribution >= 4 is 27.0 Å². The second kappa shape index (κ2) is 8.42. The fraction of sp³-hybridized carbons (Fsp3) is 0.391. The summed E-state index contributed by atoms with van der Waals surface area (Å²) in [4.78, 5) is 30.4. The fourth-order valence-electron chi connectivity index (χ4n) is 5.01. The van der Waals surface area contributed by atoms with Gasteiger partial charge < -0.3 is 9.88 Å². The van der Waals surface area contributed by atoms with Gasteiger partial charge in [0.25, 0.3) is 0 Å². The van der Waals surface area contributed by atoms with Crippen LogP contribution in [0, 0.1) is 5.82 Å². The molecule has 10 heteroatoms. The summed E-state index contributed by atoms with van der Waals surface area (Å²) in [5.74, 6) is -0.719. The summed E-state index contributed by atoms with van der Waals surface area (Å²) in [5, 5.41) is 0. The Morgan fingerprint density at radius 3 is 2.39 bits per heavy atom. The van der Waals surface area contributed by atoms with Gasteiger partial charge in [-0.25, -0.2) is 17.6 Å². The SMILES string of the molecule is O=C(C1CCCN1S(=O)(=O)c1ccc(F)cc1)N1CCC(n2c(=O)[nH]c3ccccc32)CC1. The van der Waals surface area contributed by atoms with E-state index in [1.165, 1.54) is 16.4 Å². The molecule has 3 heterocycles. The van der Waals surface area contributed by atoms with Crippen LogP contribution in [0.5, 0.6) is 0 Å². The first-order chi connectivity index (χ1) is 15.9. The second-order valence-corrected chi connectivity index (χ2v) is 10.5. The third kappa shape index (κ3) is 3.87. The van der Waals surface area contributed by atoms with Crippen LogP contribution in [0.4, 0.5) is 4.39 Å². The number of para-hydroxylation sites is 2. The average Bonchev–Trinajstić information content (AvgIpc) is 3.44. The minimum atomic E-state index is -3.89. The number of imidazole rings is 1. The van der Waals surface area contributed by atoms with Crippen LogP contribution >= 0.6 is 0 Å². The summed E-state index contributed by atoms with van der Waals surface area (Å²) >= 11 is 0. The number of rotatable bonds is 4. The molecule has 0 saturated carbocycles. The summed E-state index contributed by atoms with van der Waals surface area (Å²) < 4.78 is 42.5. The number of aromatic amines is 1. The molecule has 174 valence electrons. The van der Waals surface area contributed by atoms with Crippen LogP contribution in [0.2, 0.25) is 0 Å². The zero-order chi connectivity index (χ0) is 23.2. The van der Waals surface area contributed by atoms with Crippen molar-refractivity contribution in [1.29, 1.82) is 0 Å². The molecule has 5 rings (SSSR count). The molecule has 3 aromatic rings. The lowest BCUT2D eigenvalue weighted by atomic mass is 10.0. The Balaban J connectivity index is 1.31. The summed E-state index contributed by atoms with van der Waals surface area (Å²) in [5.41, 5.74) is 1.47. The van der Waals surface area contributed by atoms with E-state index in [1.807, 2.05) is 24.3 Å². The average molecular weight is 473 g/mol. The zero-order valence-corrected chi connectivity index (χ0v) is 18.8. The normalized spacial score (nSPS) is 20.5.